The Morgan fingerprint density at radius 1 is 1.07 bits per heavy atom. The molecule has 2 fully saturated rings. The highest BCUT2D eigenvalue weighted by molar-refractivity contribution is 5.78. The van der Waals surface area contributed by atoms with Gasteiger partial charge in [-0.15, -0.1) is 0 Å². The average Bonchev–Trinajstić information content (AvgIpc) is 3.10. The molecule has 2 aromatic carbocycles. The van der Waals surface area contributed by atoms with E-state index in [1.807, 2.05) is 66.4 Å². The van der Waals surface area contributed by atoms with Gasteiger partial charge in [-0.05, 0) is 18.1 Å². The normalized spacial score (nSPS) is 21.6. The highest BCUT2D eigenvalue weighted by Crippen LogP contribution is 2.25. The number of likely N-dealkylation sites (tertiary alicyclic amines) is 1. The van der Waals surface area contributed by atoms with Crippen LogP contribution in [0.5, 0.6) is 0 Å². The van der Waals surface area contributed by atoms with E-state index in [9.17, 15) is 9.59 Å². The maximum atomic E-state index is 12.7. The summed E-state index contributed by atoms with van der Waals surface area (Å²) in [5.41, 5.74) is 3.35. The first kappa shape index (κ1) is 19.5. The third kappa shape index (κ3) is 4.59. The van der Waals surface area contributed by atoms with Gasteiger partial charge in [-0.3, -0.25) is 4.79 Å². The summed E-state index contributed by atoms with van der Waals surface area (Å²) in [6, 6.07) is 17.9. The van der Waals surface area contributed by atoms with Crippen molar-refractivity contribution in [2.75, 3.05) is 19.7 Å². The van der Waals surface area contributed by atoms with Crippen molar-refractivity contribution in [3.05, 3.63) is 71.3 Å². The summed E-state index contributed by atoms with van der Waals surface area (Å²) < 4.78 is 5.94. The number of nitrogens with one attached hydrogen (secondary N) is 1. The van der Waals surface area contributed by atoms with Crippen molar-refractivity contribution < 1.29 is 14.3 Å². The van der Waals surface area contributed by atoms with E-state index in [4.69, 9.17) is 4.74 Å². The van der Waals surface area contributed by atoms with E-state index < -0.39 is 0 Å². The quantitative estimate of drug-likeness (QED) is 0.869. The Labute approximate surface area is 171 Å². The van der Waals surface area contributed by atoms with Crippen molar-refractivity contribution in [2.45, 2.75) is 38.6 Å². The van der Waals surface area contributed by atoms with E-state index >= 15 is 0 Å². The molecule has 2 heterocycles. The molecular weight excluding hydrogens is 366 g/mol. The monoisotopic (exact) mass is 393 g/mol. The SMILES string of the molecule is Cc1ccc(CNC(=O)N2C[C@@H]3OCCC(=O)N(Cc4ccccc4)[C@H]3C2)cc1. The Bertz CT molecular complexity index is 853. The minimum Gasteiger partial charge on any atom is -0.374 e. The van der Waals surface area contributed by atoms with Gasteiger partial charge in [0.15, 0.2) is 0 Å². The Morgan fingerprint density at radius 3 is 2.59 bits per heavy atom. The zero-order chi connectivity index (χ0) is 20.2. The number of carbonyl (C=O) groups excluding carboxylic acids is 2. The second kappa shape index (κ2) is 8.66. The van der Waals surface area contributed by atoms with Crippen molar-refractivity contribution in [3.8, 4) is 0 Å². The van der Waals surface area contributed by atoms with E-state index in [1.165, 1.54) is 5.56 Å². The molecule has 0 radical (unpaired) electrons. The van der Waals surface area contributed by atoms with Crippen LogP contribution in [0.25, 0.3) is 0 Å². The summed E-state index contributed by atoms with van der Waals surface area (Å²) in [5, 5.41) is 2.99. The number of nitrogens with zero attached hydrogens (tertiary/aromatic N) is 2. The molecule has 3 amide bonds. The van der Waals surface area contributed by atoms with Gasteiger partial charge < -0.3 is 19.9 Å². The Morgan fingerprint density at radius 2 is 1.83 bits per heavy atom. The fourth-order valence-electron chi connectivity index (χ4n) is 3.99. The number of aryl methyl sites for hydroxylation is 1. The molecule has 2 atom stereocenters. The van der Waals surface area contributed by atoms with Gasteiger partial charge in [-0.25, -0.2) is 4.79 Å². The predicted octanol–water partition coefficient (Wildman–Crippen LogP) is 2.71. The summed E-state index contributed by atoms with van der Waals surface area (Å²) in [6.07, 6.45) is 0.245. The summed E-state index contributed by atoms with van der Waals surface area (Å²) in [7, 11) is 0. The standard InChI is InChI=1S/C23H27N3O3/c1-17-7-9-18(10-8-17)13-24-23(28)25-15-20-21(16-25)29-12-11-22(27)26(20)14-19-5-3-2-4-6-19/h2-10,20-21H,11-16H2,1H3,(H,24,28)/t20-,21-/m0/s1. The topological polar surface area (TPSA) is 61.9 Å². The van der Waals surface area contributed by atoms with Gasteiger partial charge in [0.1, 0.15) is 0 Å². The second-order valence-electron chi connectivity index (χ2n) is 7.78. The van der Waals surface area contributed by atoms with Crippen LogP contribution in [0, 0.1) is 6.92 Å². The van der Waals surface area contributed by atoms with E-state index in [2.05, 4.69) is 5.32 Å². The molecular formula is C23H27N3O3. The number of benzene rings is 2. The molecule has 152 valence electrons. The molecule has 0 aliphatic carbocycles. The van der Waals surface area contributed by atoms with Gasteiger partial charge in [-0.2, -0.15) is 0 Å². The third-order valence-electron chi connectivity index (χ3n) is 5.65. The fraction of sp³-hybridized carbons (Fsp3) is 0.391. The van der Waals surface area contributed by atoms with E-state index in [-0.39, 0.29) is 24.1 Å². The molecule has 4 rings (SSSR count). The number of fused-ring (bicyclic) bond motifs is 1. The molecule has 0 spiro atoms. The molecule has 6 nitrogen and oxygen atoms in total. The van der Waals surface area contributed by atoms with Crippen molar-refractivity contribution >= 4 is 11.9 Å². The lowest BCUT2D eigenvalue weighted by Crippen LogP contribution is -2.45. The van der Waals surface area contributed by atoms with Gasteiger partial charge in [0.2, 0.25) is 5.91 Å². The van der Waals surface area contributed by atoms with Crippen molar-refractivity contribution in [2.24, 2.45) is 0 Å². The van der Waals surface area contributed by atoms with Crippen LogP contribution in [-0.2, 0) is 22.6 Å². The summed E-state index contributed by atoms with van der Waals surface area (Å²) in [6.45, 7) is 4.47. The van der Waals surface area contributed by atoms with Crippen LogP contribution in [-0.4, -0.2) is 53.6 Å². The van der Waals surface area contributed by atoms with Gasteiger partial charge in [0.25, 0.3) is 0 Å². The average molecular weight is 393 g/mol. The Hall–Kier alpha value is -2.86. The number of hydrogen-bond donors (Lipinski definition) is 1. The first-order chi connectivity index (χ1) is 14.1. The zero-order valence-electron chi connectivity index (χ0n) is 16.7. The van der Waals surface area contributed by atoms with Crippen LogP contribution in [0.3, 0.4) is 0 Å². The highest BCUT2D eigenvalue weighted by Gasteiger charge is 2.42. The van der Waals surface area contributed by atoms with Gasteiger partial charge in [-0.1, -0.05) is 60.2 Å². The van der Waals surface area contributed by atoms with Crippen LogP contribution >= 0.6 is 0 Å². The molecule has 29 heavy (non-hydrogen) atoms. The lowest BCUT2D eigenvalue weighted by Gasteiger charge is -2.29. The van der Waals surface area contributed by atoms with Crippen LogP contribution in [0.4, 0.5) is 4.79 Å². The number of rotatable bonds is 4. The van der Waals surface area contributed by atoms with Crippen molar-refractivity contribution in [1.82, 2.24) is 15.1 Å². The summed E-state index contributed by atoms with van der Waals surface area (Å²) in [5.74, 6) is 0.0864. The van der Waals surface area contributed by atoms with Crippen LogP contribution < -0.4 is 5.32 Å². The molecule has 2 aliphatic rings. The van der Waals surface area contributed by atoms with Crippen LogP contribution in [0.15, 0.2) is 54.6 Å². The first-order valence-corrected chi connectivity index (χ1v) is 10.1. The fourth-order valence-corrected chi connectivity index (χ4v) is 3.99. The molecule has 0 saturated carbocycles. The summed E-state index contributed by atoms with van der Waals surface area (Å²) >= 11 is 0. The van der Waals surface area contributed by atoms with Crippen molar-refractivity contribution in [1.29, 1.82) is 0 Å². The predicted molar refractivity (Wildman–Crippen MR) is 110 cm³/mol. The lowest BCUT2D eigenvalue weighted by molar-refractivity contribution is -0.133. The van der Waals surface area contributed by atoms with Crippen LogP contribution in [0.2, 0.25) is 0 Å². The van der Waals surface area contributed by atoms with Crippen molar-refractivity contribution in [3.63, 3.8) is 0 Å². The third-order valence-corrected chi connectivity index (χ3v) is 5.65. The summed E-state index contributed by atoms with van der Waals surface area (Å²) in [4.78, 5) is 29.1. The number of carbonyl (C=O) groups is 2. The molecule has 1 N–H and O–H groups in total. The largest absolute Gasteiger partial charge is 0.374 e. The Kier molecular flexibility index (Phi) is 5.81. The minimum absolute atomic E-state index is 0.0864. The van der Waals surface area contributed by atoms with E-state index in [0.29, 0.717) is 39.2 Å². The van der Waals surface area contributed by atoms with Gasteiger partial charge >= 0.3 is 6.03 Å². The molecule has 0 unspecified atom stereocenters. The zero-order valence-corrected chi connectivity index (χ0v) is 16.7. The van der Waals surface area contributed by atoms with E-state index in [0.717, 1.165) is 11.1 Å². The molecule has 0 aromatic heterocycles. The number of ether oxygens (including phenoxy) is 1. The first-order valence-electron chi connectivity index (χ1n) is 10.1. The van der Waals surface area contributed by atoms with Gasteiger partial charge in [0, 0.05) is 19.6 Å². The van der Waals surface area contributed by atoms with Crippen LogP contribution in [0.1, 0.15) is 23.1 Å². The number of urea groups is 1. The molecule has 2 saturated heterocycles. The van der Waals surface area contributed by atoms with Gasteiger partial charge in [0.05, 0.1) is 31.7 Å². The number of hydrogen-bond acceptors (Lipinski definition) is 3. The smallest absolute Gasteiger partial charge is 0.317 e. The maximum absolute atomic E-state index is 12.7. The molecule has 2 aliphatic heterocycles. The highest BCUT2D eigenvalue weighted by atomic mass is 16.5. The number of amides is 3. The maximum Gasteiger partial charge on any atom is 0.317 e. The minimum atomic E-state index is -0.143. The lowest BCUT2D eigenvalue weighted by atomic mass is 10.1. The Balaban J connectivity index is 1.41. The van der Waals surface area contributed by atoms with E-state index in [1.54, 1.807) is 4.90 Å². The molecule has 0 bridgehead atoms. The second-order valence-corrected chi connectivity index (χ2v) is 7.78. The molecule has 2 aromatic rings. The molecule has 6 heteroatoms.